The lowest BCUT2D eigenvalue weighted by Crippen LogP contribution is -2.28. The second-order valence-electron chi connectivity index (χ2n) is 3.66. The topological polar surface area (TPSA) is 42.0 Å². The number of hydrogen-bond donors (Lipinski definition) is 1. The SMILES string of the molecule is Cc1cc(C(=O)NCC(C)CBr)ccn1. The lowest BCUT2D eigenvalue weighted by atomic mass is 10.2. The van der Waals surface area contributed by atoms with Crippen molar-refractivity contribution in [1.29, 1.82) is 0 Å². The maximum atomic E-state index is 11.7. The van der Waals surface area contributed by atoms with Gasteiger partial charge in [-0.15, -0.1) is 0 Å². The number of aryl methyl sites for hydroxylation is 1. The number of alkyl halides is 1. The number of halogens is 1. The van der Waals surface area contributed by atoms with E-state index in [0.717, 1.165) is 11.0 Å². The molecule has 0 aliphatic rings. The van der Waals surface area contributed by atoms with E-state index in [9.17, 15) is 4.79 Å². The van der Waals surface area contributed by atoms with Gasteiger partial charge in [-0.3, -0.25) is 9.78 Å². The van der Waals surface area contributed by atoms with Crippen molar-refractivity contribution < 1.29 is 4.79 Å². The Morgan fingerprint density at radius 1 is 1.67 bits per heavy atom. The molecule has 82 valence electrons. The third-order valence-corrected chi connectivity index (χ3v) is 3.14. The first-order chi connectivity index (χ1) is 7.13. The van der Waals surface area contributed by atoms with E-state index in [-0.39, 0.29) is 5.91 Å². The molecule has 0 aliphatic carbocycles. The highest BCUT2D eigenvalue weighted by Gasteiger charge is 2.07. The van der Waals surface area contributed by atoms with Crippen LogP contribution in [-0.2, 0) is 0 Å². The molecule has 0 spiro atoms. The molecule has 0 radical (unpaired) electrons. The first-order valence-corrected chi connectivity index (χ1v) is 6.02. The van der Waals surface area contributed by atoms with Gasteiger partial charge in [0, 0.05) is 29.3 Å². The van der Waals surface area contributed by atoms with Gasteiger partial charge in [-0.25, -0.2) is 0 Å². The zero-order valence-electron chi connectivity index (χ0n) is 8.96. The second kappa shape index (κ2) is 5.85. The molecule has 4 heteroatoms. The molecule has 0 saturated heterocycles. The molecule has 1 amide bonds. The van der Waals surface area contributed by atoms with Gasteiger partial charge in [-0.05, 0) is 25.0 Å². The molecule has 0 fully saturated rings. The van der Waals surface area contributed by atoms with Crippen LogP contribution in [0.3, 0.4) is 0 Å². The van der Waals surface area contributed by atoms with Crippen molar-refractivity contribution in [1.82, 2.24) is 10.3 Å². The Morgan fingerprint density at radius 2 is 2.40 bits per heavy atom. The van der Waals surface area contributed by atoms with E-state index < -0.39 is 0 Å². The Bertz CT molecular complexity index is 341. The molecule has 1 aromatic rings. The van der Waals surface area contributed by atoms with Crippen molar-refractivity contribution in [3.05, 3.63) is 29.6 Å². The molecule has 1 aromatic heterocycles. The van der Waals surface area contributed by atoms with Crippen molar-refractivity contribution in [2.45, 2.75) is 13.8 Å². The molecule has 0 bridgehead atoms. The van der Waals surface area contributed by atoms with Crippen LogP contribution in [0.25, 0.3) is 0 Å². The maximum Gasteiger partial charge on any atom is 0.251 e. The Hall–Kier alpha value is -0.900. The van der Waals surface area contributed by atoms with Gasteiger partial charge >= 0.3 is 0 Å². The number of nitrogens with zero attached hydrogens (tertiary/aromatic N) is 1. The minimum absolute atomic E-state index is 0.0340. The molecule has 1 N–H and O–H groups in total. The molecule has 1 atom stereocenters. The molecule has 0 aliphatic heterocycles. The molecule has 0 saturated carbocycles. The number of pyridine rings is 1. The Morgan fingerprint density at radius 3 is 3.00 bits per heavy atom. The van der Waals surface area contributed by atoms with Crippen LogP contribution < -0.4 is 5.32 Å². The average Bonchev–Trinajstić information content (AvgIpc) is 2.25. The minimum Gasteiger partial charge on any atom is -0.352 e. The van der Waals surface area contributed by atoms with E-state index in [1.807, 2.05) is 6.92 Å². The third-order valence-electron chi connectivity index (χ3n) is 2.03. The number of nitrogens with one attached hydrogen (secondary N) is 1. The van der Waals surface area contributed by atoms with E-state index in [1.165, 1.54) is 0 Å². The fraction of sp³-hybridized carbons (Fsp3) is 0.455. The summed E-state index contributed by atoms with van der Waals surface area (Å²) >= 11 is 3.37. The molecular formula is C11H15BrN2O. The Kier molecular flexibility index (Phi) is 4.75. The Labute approximate surface area is 98.4 Å². The lowest BCUT2D eigenvalue weighted by molar-refractivity contribution is 0.0949. The van der Waals surface area contributed by atoms with E-state index in [0.29, 0.717) is 18.0 Å². The van der Waals surface area contributed by atoms with E-state index >= 15 is 0 Å². The molecular weight excluding hydrogens is 256 g/mol. The van der Waals surface area contributed by atoms with Crippen LogP contribution in [0.2, 0.25) is 0 Å². The number of hydrogen-bond acceptors (Lipinski definition) is 2. The zero-order chi connectivity index (χ0) is 11.3. The van der Waals surface area contributed by atoms with Crippen molar-refractivity contribution in [3.8, 4) is 0 Å². The van der Waals surface area contributed by atoms with Crippen LogP contribution in [0, 0.1) is 12.8 Å². The summed E-state index contributed by atoms with van der Waals surface area (Å²) in [6.07, 6.45) is 1.65. The first-order valence-electron chi connectivity index (χ1n) is 4.90. The Balaban J connectivity index is 2.54. The largest absolute Gasteiger partial charge is 0.352 e. The van der Waals surface area contributed by atoms with E-state index in [2.05, 4.69) is 33.2 Å². The average molecular weight is 271 g/mol. The molecule has 3 nitrogen and oxygen atoms in total. The van der Waals surface area contributed by atoms with Gasteiger partial charge < -0.3 is 5.32 Å². The van der Waals surface area contributed by atoms with Crippen molar-refractivity contribution in [3.63, 3.8) is 0 Å². The van der Waals surface area contributed by atoms with Gasteiger partial charge in [-0.1, -0.05) is 22.9 Å². The summed E-state index contributed by atoms with van der Waals surface area (Å²) in [6, 6.07) is 3.51. The molecule has 0 aromatic carbocycles. The predicted molar refractivity (Wildman–Crippen MR) is 64.3 cm³/mol. The van der Waals surface area contributed by atoms with Crippen molar-refractivity contribution in [2.75, 3.05) is 11.9 Å². The molecule has 1 unspecified atom stereocenters. The van der Waals surface area contributed by atoms with E-state index in [1.54, 1.807) is 18.3 Å². The van der Waals surface area contributed by atoms with Gasteiger partial charge in [0.15, 0.2) is 0 Å². The monoisotopic (exact) mass is 270 g/mol. The molecule has 1 heterocycles. The first kappa shape index (κ1) is 12.2. The van der Waals surface area contributed by atoms with Crippen LogP contribution in [0.15, 0.2) is 18.3 Å². The van der Waals surface area contributed by atoms with Gasteiger partial charge in [-0.2, -0.15) is 0 Å². The van der Waals surface area contributed by atoms with Gasteiger partial charge in [0.2, 0.25) is 0 Å². The second-order valence-corrected chi connectivity index (χ2v) is 4.30. The van der Waals surface area contributed by atoms with Crippen LogP contribution in [0.1, 0.15) is 23.0 Å². The number of aromatic nitrogens is 1. The predicted octanol–water partition coefficient (Wildman–Crippen LogP) is 2.15. The summed E-state index contributed by atoms with van der Waals surface area (Å²) < 4.78 is 0. The van der Waals surface area contributed by atoms with Crippen molar-refractivity contribution in [2.24, 2.45) is 5.92 Å². The van der Waals surface area contributed by atoms with E-state index in [4.69, 9.17) is 0 Å². The van der Waals surface area contributed by atoms with Crippen LogP contribution in [0.4, 0.5) is 0 Å². The maximum absolute atomic E-state index is 11.7. The quantitative estimate of drug-likeness (QED) is 0.852. The summed E-state index contributed by atoms with van der Waals surface area (Å²) in [5, 5.41) is 3.77. The van der Waals surface area contributed by atoms with Crippen LogP contribution in [0.5, 0.6) is 0 Å². The highest BCUT2D eigenvalue weighted by atomic mass is 79.9. The summed E-state index contributed by atoms with van der Waals surface area (Å²) in [5.74, 6) is 0.408. The van der Waals surface area contributed by atoms with Crippen LogP contribution in [-0.4, -0.2) is 22.8 Å². The third kappa shape index (κ3) is 4.00. The van der Waals surface area contributed by atoms with Crippen molar-refractivity contribution >= 4 is 21.8 Å². The molecule has 1 rings (SSSR count). The highest BCUT2D eigenvalue weighted by molar-refractivity contribution is 9.09. The summed E-state index contributed by atoms with van der Waals surface area (Å²) in [4.78, 5) is 15.7. The minimum atomic E-state index is -0.0340. The number of rotatable bonds is 4. The standard InChI is InChI=1S/C11H15BrN2O/c1-8(6-12)7-14-11(15)10-3-4-13-9(2)5-10/h3-5,8H,6-7H2,1-2H3,(H,14,15). The van der Waals surface area contributed by atoms with Gasteiger partial charge in [0.05, 0.1) is 0 Å². The number of carbonyl (C=O) groups is 1. The number of amides is 1. The smallest absolute Gasteiger partial charge is 0.251 e. The molecule has 15 heavy (non-hydrogen) atoms. The fourth-order valence-corrected chi connectivity index (χ4v) is 1.34. The summed E-state index contributed by atoms with van der Waals surface area (Å²) in [5.41, 5.74) is 1.53. The van der Waals surface area contributed by atoms with Gasteiger partial charge in [0.1, 0.15) is 0 Å². The highest BCUT2D eigenvalue weighted by Crippen LogP contribution is 2.02. The zero-order valence-corrected chi connectivity index (χ0v) is 10.5. The van der Waals surface area contributed by atoms with Gasteiger partial charge in [0.25, 0.3) is 5.91 Å². The van der Waals surface area contributed by atoms with Crippen LogP contribution >= 0.6 is 15.9 Å². The normalized spacial score (nSPS) is 12.2. The fourth-order valence-electron chi connectivity index (χ4n) is 1.11. The summed E-state index contributed by atoms with van der Waals surface area (Å²) in [6.45, 7) is 4.64. The number of carbonyl (C=O) groups excluding carboxylic acids is 1. The summed E-state index contributed by atoms with van der Waals surface area (Å²) in [7, 11) is 0. The lowest BCUT2D eigenvalue weighted by Gasteiger charge is -2.09.